The average Bonchev–Trinajstić information content (AvgIpc) is 2.75. The monoisotopic (exact) mass is 435 g/mol. The molecule has 0 heterocycles. The lowest BCUT2D eigenvalue weighted by molar-refractivity contribution is -0.118. The number of amides is 2. The Morgan fingerprint density at radius 3 is 2.52 bits per heavy atom. The zero-order valence-electron chi connectivity index (χ0n) is 17.2. The molecule has 6 nitrogen and oxygen atoms in total. The summed E-state index contributed by atoms with van der Waals surface area (Å²) in [5, 5.41) is 7.27. The Morgan fingerprint density at radius 1 is 1.03 bits per heavy atom. The molecule has 0 aliphatic heterocycles. The summed E-state index contributed by atoms with van der Waals surface area (Å²) in [6.45, 7) is 3.67. The molecule has 0 saturated heterocycles. The standard InChI is InChI=1S/C24H22ClN3O3/c1-16-7-9-18(10-8-16)24(30)28-26-14-19-13-20(25)11-12-22(19)31-15-23(29)27-21-6-4-3-5-17(21)2/h3-14H,15H2,1-2H3,(H,27,29)(H,28,30)/b26-14+. The molecule has 0 spiro atoms. The van der Waals surface area contributed by atoms with E-state index in [1.807, 2.05) is 50.2 Å². The first-order valence-corrected chi connectivity index (χ1v) is 9.98. The third kappa shape index (κ3) is 6.42. The molecule has 0 aliphatic rings. The van der Waals surface area contributed by atoms with Gasteiger partial charge in [-0.3, -0.25) is 9.59 Å². The van der Waals surface area contributed by atoms with Gasteiger partial charge in [-0.2, -0.15) is 5.10 Å². The quantitative estimate of drug-likeness (QED) is 0.415. The van der Waals surface area contributed by atoms with Crippen molar-refractivity contribution in [1.29, 1.82) is 0 Å². The minimum atomic E-state index is -0.335. The summed E-state index contributed by atoms with van der Waals surface area (Å²) in [7, 11) is 0. The van der Waals surface area contributed by atoms with Crippen molar-refractivity contribution in [3.05, 3.63) is 94.0 Å². The summed E-state index contributed by atoms with van der Waals surface area (Å²) in [6, 6.07) is 19.6. The summed E-state index contributed by atoms with van der Waals surface area (Å²) < 4.78 is 5.65. The van der Waals surface area contributed by atoms with Crippen LogP contribution in [-0.2, 0) is 4.79 Å². The molecular formula is C24H22ClN3O3. The number of hydrogen-bond donors (Lipinski definition) is 2. The van der Waals surface area contributed by atoms with Crippen LogP contribution in [0.2, 0.25) is 5.02 Å². The van der Waals surface area contributed by atoms with Crippen LogP contribution < -0.4 is 15.5 Å². The Morgan fingerprint density at radius 2 is 1.77 bits per heavy atom. The number of nitrogens with zero attached hydrogens (tertiary/aromatic N) is 1. The molecule has 3 rings (SSSR count). The molecule has 158 valence electrons. The molecule has 0 radical (unpaired) electrons. The number of benzene rings is 3. The second-order valence-corrected chi connectivity index (χ2v) is 7.34. The number of carbonyl (C=O) groups excluding carboxylic acids is 2. The Bertz CT molecular complexity index is 1110. The number of carbonyl (C=O) groups is 2. The largest absolute Gasteiger partial charge is 0.483 e. The second kappa shape index (κ2) is 10.4. The molecule has 2 N–H and O–H groups in total. The number of aryl methyl sites for hydroxylation is 2. The van der Waals surface area contributed by atoms with Gasteiger partial charge in [0.05, 0.1) is 6.21 Å². The van der Waals surface area contributed by atoms with Crippen LogP contribution in [-0.4, -0.2) is 24.6 Å². The highest BCUT2D eigenvalue weighted by atomic mass is 35.5. The van der Waals surface area contributed by atoms with Crippen LogP contribution in [0.3, 0.4) is 0 Å². The van der Waals surface area contributed by atoms with Crippen molar-refractivity contribution in [1.82, 2.24) is 5.43 Å². The number of hydrazone groups is 1. The van der Waals surface area contributed by atoms with E-state index in [0.29, 0.717) is 21.9 Å². The van der Waals surface area contributed by atoms with Gasteiger partial charge in [0, 0.05) is 21.8 Å². The summed E-state index contributed by atoms with van der Waals surface area (Å²) in [5.74, 6) is -0.212. The summed E-state index contributed by atoms with van der Waals surface area (Å²) >= 11 is 6.07. The van der Waals surface area contributed by atoms with Crippen molar-refractivity contribution in [2.45, 2.75) is 13.8 Å². The normalized spacial score (nSPS) is 10.7. The maximum Gasteiger partial charge on any atom is 0.271 e. The fraction of sp³-hybridized carbons (Fsp3) is 0.125. The van der Waals surface area contributed by atoms with E-state index in [-0.39, 0.29) is 18.4 Å². The molecule has 0 saturated carbocycles. The predicted molar refractivity (Wildman–Crippen MR) is 123 cm³/mol. The van der Waals surface area contributed by atoms with Gasteiger partial charge in [0.2, 0.25) is 0 Å². The summed E-state index contributed by atoms with van der Waals surface area (Å²) in [6.07, 6.45) is 1.42. The average molecular weight is 436 g/mol. The molecule has 0 fully saturated rings. The van der Waals surface area contributed by atoms with Gasteiger partial charge in [-0.15, -0.1) is 0 Å². The number of nitrogens with one attached hydrogen (secondary N) is 2. The third-order valence-electron chi connectivity index (χ3n) is 4.43. The van der Waals surface area contributed by atoms with E-state index < -0.39 is 0 Å². The molecule has 0 aromatic heterocycles. The van der Waals surface area contributed by atoms with E-state index in [1.165, 1.54) is 6.21 Å². The third-order valence-corrected chi connectivity index (χ3v) is 4.67. The van der Waals surface area contributed by atoms with E-state index in [0.717, 1.165) is 16.8 Å². The topological polar surface area (TPSA) is 79.8 Å². The van der Waals surface area contributed by atoms with Crippen molar-refractivity contribution in [2.75, 3.05) is 11.9 Å². The van der Waals surface area contributed by atoms with E-state index in [4.69, 9.17) is 16.3 Å². The highest BCUT2D eigenvalue weighted by Crippen LogP contribution is 2.21. The van der Waals surface area contributed by atoms with Crippen LogP contribution >= 0.6 is 11.6 Å². The predicted octanol–water partition coefficient (Wildman–Crippen LogP) is 4.74. The molecule has 0 atom stereocenters. The highest BCUT2D eigenvalue weighted by Gasteiger charge is 2.09. The second-order valence-electron chi connectivity index (χ2n) is 6.90. The molecule has 2 amide bonds. The fourth-order valence-corrected chi connectivity index (χ4v) is 2.90. The number of halogens is 1. The van der Waals surface area contributed by atoms with Gasteiger partial charge in [-0.05, 0) is 55.8 Å². The molecule has 7 heteroatoms. The van der Waals surface area contributed by atoms with E-state index >= 15 is 0 Å². The van der Waals surface area contributed by atoms with E-state index in [1.54, 1.807) is 30.3 Å². The Hall–Kier alpha value is -3.64. The smallest absolute Gasteiger partial charge is 0.271 e. The molecule has 0 unspecified atom stereocenters. The summed E-state index contributed by atoms with van der Waals surface area (Å²) in [4.78, 5) is 24.4. The molecule has 0 bridgehead atoms. The zero-order valence-corrected chi connectivity index (χ0v) is 17.9. The number of hydrogen-bond acceptors (Lipinski definition) is 4. The van der Waals surface area contributed by atoms with Crippen molar-refractivity contribution in [2.24, 2.45) is 5.10 Å². The minimum Gasteiger partial charge on any atom is -0.483 e. The van der Waals surface area contributed by atoms with Crippen LogP contribution in [0.4, 0.5) is 5.69 Å². The van der Waals surface area contributed by atoms with Gasteiger partial charge in [0.15, 0.2) is 6.61 Å². The SMILES string of the molecule is Cc1ccc(C(=O)N/N=C/c2cc(Cl)ccc2OCC(=O)Nc2ccccc2C)cc1. The van der Waals surface area contributed by atoms with Crippen molar-refractivity contribution < 1.29 is 14.3 Å². The summed E-state index contributed by atoms with van der Waals surface area (Å²) in [5.41, 5.74) is 6.25. The van der Waals surface area contributed by atoms with Gasteiger partial charge in [0.25, 0.3) is 11.8 Å². The lowest BCUT2D eigenvalue weighted by Gasteiger charge is -2.11. The number of para-hydroxylation sites is 1. The Balaban J connectivity index is 1.62. The lowest BCUT2D eigenvalue weighted by atomic mass is 10.1. The first-order chi connectivity index (χ1) is 14.9. The van der Waals surface area contributed by atoms with Crippen LogP contribution in [0.15, 0.2) is 71.8 Å². The molecule has 3 aromatic rings. The maximum atomic E-state index is 12.2. The molecule has 3 aromatic carbocycles. The van der Waals surface area contributed by atoms with Gasteiger partial charge >= 0.3 is 0 Å². The molecular weight excluding hydrogens is 414 g/mol. The first-order valence-electron chi connectivity index (χ1n) is 9.60. The van der Waals surface area contributed by atoms with Gasteiger partial charge in [-0.1, -0.05) is 47.5 Å². The van der Waals surface area contributed by atoms with Crippen LogP contribution in [0.1, 0.15) is 27.0 Å². The van der Waals surface area contributed by atoms with Gasteiger partial charge in [0.1, 0.15) is 5.75 Å². The Labute approximate surface area is 185 Å². The molecule has 0 aliphatic carbocycles. The number of anilines is 1. The van der Waals surface area contributed by atoms with Gasteiger partial charge < -0.3 is 10.1 Å². The maximum absolute atomic E-state index is 12.2. The minimum absolute atomic E-state index is 0.188. The van der Waals surface area contributed by atoms with Crippen LogP contribution in [0.5, 0.6) is 5.75 Å². The van der Waals surface area contributed by atoms with Crippen LogP contribution in [0.25, 0.3) is 0 Å². The van der Waals surface area contributed by atoms with Crippen molar-refractivity contribution >= 4 is 35.3 Å². The molecule has 31 heavy (non-hydrogen) atoms. The number of rotatable bonds is 7. The highest BCUT2D eigenvalue weighted by molar-refractivity contribution is 6.30. The van der Waals surface area contributed by atoms with E-state index in [9.17, 15) is 9.59 Å². The number of ether oxygens (including phenoxy) is 1. The lowest BCUT2D eigenvalue weighted by Crippen LogP contribution is -2.21. The Kier molecular flexibility index (Phi) is 7.40. The van der Waals surface area contributed by atoms with Crippen LogP contribution in [0, 0.1) is 13.8 Å². The van der Waals surface area contributed by atoms with E-state index in [2.05, 4.69) is 15.8 Å². The zero-order chi connectivity index (χ0) is 22.2. The van der Waals surface area contributed by atoms with Crippen molar-refractivity contribution in [3.63, 3.8) is 0 Å². The first kappa shape index (κ1) is 22.1. The van der Waals surface area contributed by atoms with Gasteiger partial charge in [-0.25, -0.2) is 5.43 Å². The van der Waals surface area contributed by atoms with Crippen molar-refractivity contribution in [3.8, 4) is 5.75 Å². The fourth-order valence-electron chi connectivity index (χ4n) is 2.72.